The summed E-state index contributed by atoms with van der Waals surface area (Å²) >= 11 is 1.73. The number of nitrogens with zero attached hydrogens (tertiary/aromatic N) is 3. The molecule has 0 atom stereocenters. The molecule has 2 saturated carbocycles. The highest BCUT2D eigenvalue weighted by Crippen LogP contribution is 2.36. The summed E-state index contributed by atoms with van der Waals surface area (Å²) in [6.07, 6.45) is 15.0. The van der Waals surface area contributed by atoms with Crippen molar-refractivity contribution in [2.24, 2.45) is 0 Å². The second-order valence-corrected chi connectivity index (χ2v) is 10.0. The normalized spacial score (nSPS) is 22.5. The van der Waals surface area contributed by atoms with Gasteiger partial charge >= 0.3 is 0 Å². The number of aromatic nitrogens is 1. The standard InChI is InChI=1S/C23H37N3OS/c1-2-3-7-14-25-15-12-18(13-16-25)22-24-21(17-28-22)23(27)26(20-10-11-20)19-8-5-4-6-9-19/h17-20H,2-16H2,1H3. The number of amides is 1. The van der Waals surface area contributed by atoms with Crippen LogP contribution >= 0.6 is 11.3 Å². The molecule has 5 heteroatoms. The van der Waals surface area contributed by atoms with Crippen LogP contribution in [0.4, 0.5) is 0 Å². The van der Waals surface area contributed by atoms with Crippen LogP contribution in [0.1, 0.15) is 105 Å². The summed E-state index contributed by atoms with van der Waals surface area (Å²) in [4.78, 5) is 23.0. The fraction of sp³-hybridized carbons (Fsp3) is 0.826. The Morgan fingerprint density at radius 1 is 1.07 bits per heavy atom. The van der Waals surface area contributed by atoms with E-state index in [-0.39, 0.29) is 5.91 Å². The van der Waals surface area contributed by atoms with Gasteiger partial charge in [-0.15, -0.1) is 11.3 Å². The SMILES string of the molecule is CCCCCN1CCC(c2nc(C(=O)N(C3CCCCC3)C3CC3)cs2)CC1. The van der Waals surface area contributed by atoms with Gasteiger partial charge in [0.15, 0.2) is 0 Å². The van der Waals surface area contributed by atoms with Crippen molar-refractivity contribution in [3.05, 3.63) is 16.1 Å². The summed E-state index contributed by atoms with van der Waals surface area (Å²) in [6.45, 7) is 5.90. The number of carbonyl (C=O) groups is 1. The average Bonchev–Trinajstić information content (AvgIpc) is 3.44. The summed E-state index contributed by atoms with van der Waals surface area (Å²) in [5, 5.41) is 3.25. The first-order valence-electron chi connectivity index (χ1n) is 11.8. The van der Waals surface area contributed by atoms with Gasteiger partial charge in [0.2, 0.25) is 0 Å². The lowest BCUT2D eigenvalue weighted by molar-refractivity contribution is 0.0608. The number of thiazole rings is 1. The lowest BCUT2D eigenvalue weighted by Crippen LogP contribution is -2.43. The molecule has 28 heavy (non-hydrogen) atoms. The maximum Gasteiger partial charge on any atom is 0.273 e. The van der Waals surface area contributed by atoms with Gasteiger partial charge in [0, 0.05) is 23.4 Å². The average molecular weight is 404 g/mol. The molecule has 0 N–H and O–H groups in total. The van der Waals surface area contributed by atoms with Crippen LogP contribution in [-0.2, 0) is 0 Å². The fourth-order valence-electron chi connectivity index (χ4n) is 5.04. The van der Waals surface area contributed by atoms with E-state index in [4.69, 9.17) is 4.98 Å². The van der Waals surface area contributed by atoms with Crippen LogP contribution in [0.3, 0.4) is 0 Å². The summed E-state index contributed by atoms with van der Waals surface area (Å²) in [7, 11) is 0. The molecular formula is C23H37N3OS. The van der Waals surface area contributed by atoms with Crippen molar-refractivity contribution in [3.8, 4) is 0 Å². The first kappa shape index (κ1) is 20.3. The van der Waals surface area contributed by atoms with E-state index < -0.39 is 0 Å². The van der Waals surface area contributed by atoms with Crippen molar-refractivity contribution in [1.82, 2.24) is 14.8 Å². The second-order valence-electron chi connectivity index (χ2n) is 9.13. The minimum Gasteiger partial charge on any atom is -0.331 e. The summed E-state index contributed by atoms with van der Waals surface area (Å²) < 4.78 is 0. The van der Waals surface area contributed by atoms with Crippen molar-refractivity contribution in [1.29, 1.82) is 0 Å². The molecule has 3 aliphatic rings. The van der Waals surface area contributed by atoms with Gasteiger partial charge in [0.05, 0.1) is 5.01 Å². The molecule has 3 fully saturated rings. The van der Waals surface area contributed by atoms with Crippen molar-refractivity contribution in [2.45, 2.75) is 102 Å². The lowest BCUT2D eigenvalue weighted by atomic mass is 9.94. The highest BCUT2D eigenvalue weighted by molar-refractivity contribution is 7.09. The van der Waals surface area contributed by atoms with Gasteiger partial charge in [-0.3, -0.25) is 4.79 Å². The Morgan fingerprint density at radius 3 is 2.46 bits per heavy atom. The van der Waals surface area contributed by atoms with Gasteiger partial charge in [0.25, 0.3) is 5.91 Å². The van der Waals surface area contributed by atoms with Crippen LogP contribution in [0, 0.1) is 0 Å². The lowest BCUT2D eigenvalue weighted by Gasteiger charge is -2.34. The number of piperidine rings is 1. The third-order valence-electron chi connectivity index (χ3n) is 6.90. The van der Waals surface area contributed by atoms with Gasteiger partial charge in [-0.1, -0.05) is 39.0 Å². The van der Waals surface area contributed by atoms with Gasteiger partial charge in [0.1, 0.15) is 5.69 Å². The van der Waals surface area contributed by atoms with Gasteiger partial charge in [-0.2, -0.15) is 0 Å². The molecule has 1 aromatic rings. The monoisotopic (exact) mass is 403 g/mol. The molecule has 1 aliphatic heterocycles. The Bertz CT molecular complexity index is 628. The topological polar surface area (TPSA) is 36.4 Å². The molecular weight excluding hydrogens is 366 g/mol. The predicted molar refractivity (Wildman–Crippen MR) is 116 cm³/mol. The highest BCUT2D eigenvalue weighted by Gasteiger charge is 2.39. The fourth-order valence-corrected chi connectivity index (χ4v) is 6.00. The Balaban J connectivity index is 1.34. The van der Waals surface area contributed by atoms with Gasteiger partial charge < -0.3 is 9.80 Å². The summed E-state index contributed by atoms with van der Waals surface area (Å²) in [6, 6.07) is 0.956. The molecule has 2 aliphatic carbocycles. The molecule has 0 aromatic carbocycles. The molecule has 1 aromatic heterocycles. The number of hydrogen-bond donors (Lipinski definition) is 0. The van der Waals surface area contributed by atoms with Crippen LogP contribution in [0.25, 0.3) is 0 Å². The Kier molecular flexibility index (Phi) is 7.05. The minimum absolute atomic E-state index is 0.217. The van der Waals surface area contributed by atoms with E-state index in [2.05, 4.69) is 16.7 Å². The molecule has 156 valence electrons. The summed E-state index contributed by atoms with van der Waals surface area (Å²) in [5.74, 6) is 0.770. The number of rotatable bonds is 8. The maximum atomic E-state index is 13.3. The first-order valence-corrected chi connectivity index (χ1v) is 12.6. The van der Waals surface area contributed by atoms with Crippen molar-refractivity contribution < 1.29 is 4.79 Å². The zero-order valence-corrected chi connectivity index (χ0v) is 18.4. The van der Waals surface area contributed by atoms with E-state index >= 15 is 0 Å². The van der Waals surface area contributed by atoms with Crippen LogP contribution in [0.5, 0.6) is 0 Å². The van der Waals surface area contributed by atoms with E-state index in [1.54, 1.807) is 11.3 Å². The molecule has 2 heterocycles. The maximum absolute atomic E-state index is 13.3. The zero-order chi connectivity index (χ0) is 19.3. The van der Waals surface area contributed by atoms with Crippen molar-refractivity contribution >= 4 is 17.2 Å². The molecule has 0 radical (unpaired) electrons. The number of unbranched alkanes of at least 4 members (excludes halogenated alkanes) is 2. The Morgan fingerprint density at radius 2 is 1.79 bits per heavy atom. The van der Waals surface area contributed by atoms with Crippen LogP contribution in [0.2, 0.25) is 0 Å². The van der Waals surface area contributed by atoms with Gasteiger partial charge in [-0.25, -0.2) is 4.98 Å². The number of likely N-dealkylation sites (tertiary alicyclic amines) is 1. The quantitative estimate of drug-likeness (QED) is 0.542. The Labute approximate surface area is 174 Å². The zero-order valence-electron chi connectivity index (χ0n) is 17.6. The minimum atomic E-state index is 0.217. The Hall–Kier alpha value is -0.940. The van der Waals surface area contributed by atoms with E-state index in [1.807, 2.05) is 5.38 Å². The molecule has 0 unspecified atom stereocenters. The second kappa shape index (κ2) is 9.71. The van der Waals surface area contributed by atoms with Crippen LogP contribution in [0.15, 0.2) is 5.38 Å². The molecule has 0 bridgehead atoms. The van der Waals surface area contributed by atoms with Crippen molar-refractivity contribution in [2.75, 3.05) is 19.6 Å². The molecule has 1 saturated heterocycles. The highest BCUT2D eigenvalue weighted by atomic mass is 32.1. The third kappa shape index (κ3) is 4.96. The number of carbonyl (C=O) groups excluding carboxylic acids is 1. The van der Waals surface area contributed by atoms with Gasteiger partial charge in [-0.05, 0) is 64.6 Å². The van der Waals surface area contributed by atoms with Crippen LogP contribution in [-0.4, -0.2) is 52.4 Å². The molecule has 0 spiro atoms. The summed E-state index contributed by atoms with van der Waals surface area (Å²) in [5.41, 5.74) is 0.725. The molecule has 4 rings (SSSR count). The van der Waals surface area contributed by atoms with E-state index in [9.17, 15) is 4.79 Å². The number of hydrogen-bond acceptors (Lipinski definition) is 4. The predicted octanol–water partition coefficient (Wildman–Crippen LogP) is 5.45. The molecule has 4 nitrogen and oxygen atoms in total. The third-order valence-corrected chi connectivity index (χ3v) is 7.91. The van der Waals surface area contributed by atoms with E-state index in [0.29, 0.717) is 18.0 Å². The first-order chi connectivity index (χ1) is 13.8. The van der Waals surface area contributed by atoms with E-state index in [0.717, 1.165) is 5.69 Å². The van der Waals surface area contributed by atoms with Crippen molar-refractivity contribution in [3.63, 3.8) is 0 Å². The van der Waals surface area contributed by atoms with Crippen LogP contribution < -0.4 is 0 Å². The smallest absolute Gasteiger partial charge is 0.273 e. The largest absolute Gasteiger partial charge is 0.331 e. The van der Waals surface area contributed by atoms with E-state index in [1.165, 1.54) is 102 Å². The molecule has 1 amide bonds.